The predicted octanol–water partition coefficient (Wildman–Crippen LogP) is 3.54. The van der Waals surface area contributed by atoms with Crippen molar-refractivity contribution < 1.29 is 19.7 Å². The van der Waals surface area contributed by atoms with E-state index in [0.29, 0.717) is 10.7 Å². The molecule has 0 aromatic heterocycles. The third-order valence-corrected chi connectivity index (χ3v) is 4.11. The first-order chi connectivity index (χ1) is 13.7. The Morgan fingerprint density at radius 1 is 1.17 bits per heavy atom. The molecule has 0 saturated carbocycles. The topological polar surface area (TPSA) is 140 Å². The van der Waals surface area contributed by atoms with Gasteiger partial charge >= 0.3 is 0 Å². The SMILES string of the molecule is CC(CNC(O)c1cc([N+](=O)[O-])cc([N+](=O)[O-])c1)OC(=S)Nc1ccc(Cl)cc1. The van der Waals surface area contributed by atoms with Gasteiger partial charge in [-0.3, -0.25) is 25.5 Å². The monoisotopic (exact) mass is 440 g/mol. The van der Waals surface area contributed by atoms with Gasteiger partial charge in [0, 0.05) is 35.0 Å². The molecule has 12 heteroatoms. The third kappa shape index (κ3) is 6.91. The molecule has 0 bridgehead atoms. The number of halogens is 1. The van der Waals surface area contributed by atoms with Crippen LogP contribution in [0.25, 0.3) is 0 Å². The molecule has 0 aliphatic carbocycles. The highest BCUT2D eigenvalue weighted by molar-refractivity contribution is 7.80. The molecule has 2 aromatic carbocycles. The Morgan fingerprint density at radius 3 is 2.24 bits per heavy atom. The lowest BCUT2D eigenvalue weighted by molar-refractivity contribution is -0.394. The number of nitrogens with one attached hydrogen (secondary N) is 2. The van der Waals surface area contributed by atoms with E-state index in [0.717, 1.165) is 18.2 Å². The van der Waals surface area contributed by atoms with Gasteiger partial charge in [0.05, 0.1) is 15.9 Å². The van der Waals surface area contributed by atoms with Crippen molar-refractivity contribution in [1.29, 1.82) is 0 Å². The van der Waals surface area contributed by atoms with E-state index in [4.69, 9.17) is 28.6 Å². The number of nitro benzene ring substituents is 2. The average Bonchev–Trinajstić information content (AvgIpc) is 2.67. The minimum atomic E-state index is -1.38. The van der Waals surface area contributed by atoms with Crippen LogP contribution in [0.15, 0.2) is 42.5 Å². The zero-order chi connectivity index (χ0) is 21.6. The fraction of sp³-hybridized carbons (Fsp3) is 0.235. The highest BCUT2D eigenvalue weighted by Gasteiger charge is 2.20. The van der Waals surface area contributed by atoms with Crippen molar-refractivity contribution in [2.75, 3.05) is 11.9 Å². The van der Waals surface area contributed by atoms with Crippen LogP contribution >= 0.6 is 23.8 Å². The summed E-state index contributed by atoms with van der Waals surface area (Å²) < 4.78 is 5.49. The Morgan fingerprint density at radius 2 is 1.72 bits per heavy atom. The summed E-state index contributed by atoms with van der Waals surface area (Å²) in [6.07, 6.45) is -1.86. The highest BCUT2D eigenvalue weighted by atomic mass is 35.5. The van der Waals surface area contributed by atoms with Crippen LogP contribution in [0.5, 0.6) is 0 Å². The number of aliphatic hydroxyl groups excluding tert-OH is 1. The molecule has 0 amide bonds. The number of thiocarbonyl (C=S) groups is 1. The molecule has 29 heavy (non-hydrogen) atoms. The van der Waals surface area contributed by atoms with E-state index in [-0.39, 0.29) is 17.3 Å². The van der Waals surface area contributed by atoms with Crippen LogP contribution in [0.3, 0.4) is 0 Å². The molecular formula is C17H17ClN4O6S. The molecule has 0 heterocycles. The second-order valence-electron chi connectivity index (χ2n) is 5.96. The lowest BCUT2D eigenvalue weighted by Crippen LogP contribution is -2.32. The van der Waals surface area contributed by atoms with Gasteiger partial charge in [-0.2, -0.15) is 0 Å². The summed E-state index contributed by atoms with van der Waals surface area (Å²) in [5.41, 5.74) is -0.316. The largest absolute Gasteiger partial charge is 0.466 e. The predicted molar refractivity (Wildman–Crippen MR) is 111 cm³/mol. The summed E-state index contributed by atoms with van der Waals surface area (Å²) in [7, 11) is 0. The van der Waals surface area contributed by atoms with E-state index in [1.165, 1.54) is 0 Å². The summed E-state index contributed by atoms with van der Waals surface area (Å²) in [6, 6.07) is 9.76. The van der Waals surface area contributed by atoms with Crippen LogP contribution in [-0.2, 0) is 4.74 Å². The van der Waals surface area contributed by atoms with Crippen molar-refractivity contribution in [3.63, 3.8) is 0 Å². The normalized spacial score (nSPS) is 12.7. The third-order valence-electron chi connectivity index (χ3n) is 3.66. The zero-order valence-electron chi connectivity index (χ0n) is 15.1. The van der Waals surface area contributed by atoms with Crippen LogP contribution in [-0.4, -0.2) is 32.8 Å². The van der Waals surface area contributed by atoms with E-state index >= 15 is 0 Å². The summed E-state index contributed by atoms with van der Waals surface area (Å²) >= 11 is 10.9. The van der Waals surface area contributed by atoms with E-state index in [2.05, 4.69) is 10.6 Å². The van der Waals surface area contributed by atoms with E-state index in [1.54, 1.807) is 31.2 Å². The first-order valence-electron chi connectivity index (χ1n) is 8.24. The lowest BCUT2D eigenvalue weighted by atomic mass is 10.1. The number of aliphatic hydroxyl groups is 1. The summed E-state index contributed by atoms with van der Waals surface area (Å²) in [5.74, 6) is 0. The molecule has 3 N–H and O–H groups in total. The van der Waals surface area contributed by atoms with Gasteiger partial charge in [0.2, 0.25) is 0 Å². The summed E-state index contributed by atoms with van der Waals surface area (Å²) in [5, 5.41) is 38.3. The Kier molecular flexibility index (Phi) is 7.79. The van der Waals surface area contributed by atoms with Crippen LogP contribution in [0.1, 0.15) is 18.7 Å². The molecule has 10 nitrogen and oxygen atoms in total. The molecule has 154 valence electrons. The van der Waals surface area contributed by atoms with Crippen molar-refractivity contribution in [2.24, 2.45) is 0 Å². The highest BCUT2D eigenvalue weighted by Crippen LogP contribution is 2.25. The number of hydrogen-bond acceptors (Lipinski definition) is 8. The molecule has 0 spiro atoms. The maximum Gasteiger partial charge on any atom is 0.276 e. The van der Waals surface area contributed by atoms with Gasteiger partial charge < -0.3 is 15.2 Å². The second kappa shape index (κ2) is 10.1. The molecule has 0 saturated heterocycles. The minimum Gasteiger partial charge on any atom is -0.466 e. The maximum absolute atomic E-state index is 10.9. The van der Waals surface area contributed by atoms with Crippen LogP contribution in [0, 0.1) is 20.2 Å². The van der Waals surface area contributed by atoms with Gasteiger partial charge in [-0.25, -0.2) is 0 Å². The Hall–Kier alpha value is -2.86. The number of hydrogen-bond donors (Lipinski definition) is 3. The van der Waals surface area contributed by atoms with Gasteiger partial charge in [0.15, 0.2) is 0 Å². The number of nitro groups is 2. The smallest absolute Gasteiger partial charge is 0.276 e. The van der Waals surface area contributed by atoms with Gasteiger partial charge in [0.1, 0.15) is 12.3 Å². The standard InChI is InChI=1S/C17H17ClN4O6S/c1-10(28-17(29)20-13-4-2-12(18)3-5-13)9-19-16(23)11-6-14(21(24)25)8-15(7-11)22(26)27/h2-8,10,16,19,23H,9H2,1H3,(H,20,29). The van der Waals surface area contributed by atoms with Crippen molar-refractivity contribution in [3.8, 4) is 0 Å². The van der Waals surface area contributed by atoms with Gasteiger partial charge in [0.25, 0.3) is 16.5 Å². The van der Waals surface area contributed by atoms with Crippen molar-refractivity contribution in [1.82, 2.24) is 5.32 Å². The van der Waals surface area contributed by atoms with Gasteiger partial charge in [-0.05, 0) is 43.4 Å². The molecular weight excluding hydrogens is 424 g/mol. The van der Waals surface area contributed by atoms with Crippen LogP contribution in [0.2, 0.25) is 5.02 Å². The molecule has 0 aliphatic heterocycles. The first kappa shape index (κ1) is 22.4. The van der Waals surface area contributed by atoms with E-state index in [9.17, 15) is 25.3 Å². The molecule has 0 aliphatic rings. The Labute approximate surface area is 175 Å². The Balaban J connectivity index is 1.93. The maximum atomic E-state index is 10.9. The molecule has 2 atom stereocenters. The van der Waals surface area contributed by atoms with Crippen molar-refractivity contribution in [3.05, 3.63) is 73.3 Å². The molecule has 0 fully saturated rings. The molecule has 2 unspecified atom stereocenters. The van der Waals surface area contributed by atoms with Gasteiger partial charge in [-0.1, -0.05) is 11.6 Å². The molecule has 0 radical (unpaired) electrons. The average molecular weight is 441 g/mol. The lowest BCUT2D eigenvalue weighted by Gasteiger charge is -2.19. The second-order valence-corrected chi connectivity index (χ2v) is 6.76. The van der Waals surface area contributed by atoms with Crippen molar-refractivity contribution in [2.45, 2.75) is 19.3 Å². The number of anilines is 1. The number of rotatable bonds is 8. The fourth-order valence-corrected chi connectivity index (χ4v) is 2.70. The zero-order valence-corrected chi connectivity index (χ0v) is 16.6. The van der Waals surface area contributed by atoms with Crippen LogP contribution in [0.4, 0.5) is 17.1 Å². The fourth-order valence-electron chi connectivity index (χ4n) is 2.29. The van der Waals surface area contributed by atoms with E-state index in [1.807, 2.05) is 0 Å². The molecule has 2 rings (SSSR count). The first-order valence-corrected chi connectivity index (χ1v) is 9.02. The quantitative estimate of drug-likeness (QED) is 0.243. The number of nitrogens with zero attached hydrogens (tertiary/aromatic N) is 2. The number of non-ortho nitro benzene ring substituents is 2. The van der Waals surface area contributed by atoms with Crippen molar-refractivity contribution >= 4 is 46.1 Å². The summed E-state index contributed by atoms with van der Waals surface area (Å²) in [6.45, 7) is 1.80. The van der Waals surface area contributed by atoms with Gasteiger partial charge in [-0.15, -0.1) is 0 Å². The Bertz CT molecular complexity index is 879. The minimum absolute atomic E-state index is 0.0139. The van der Waals surface area contributed by atoms with E-state index < -0.39 is 33.6 Å². The summed E-state index contributed by atoms with van der Waals surface area (Å²) in [4.78, 5) is 20.3. The van der Waals surface area contributed by atoms with Crippen LogP contribution < -0.4 is 10.6 Å². The molecule has 2 aromatic rings. The number of ether oxygens (including phenoxy) is 1. The number of benzene rings is 2.